The van der Waals surface area contributed by atoms with Crippen LogP contribution in [-0.4, -0.2) is 66.2 Å². The number of hydrogen-bond donors (Lipinski definition) is 2. The van der Waals surface area contributed by atoms with Crippen LogP contribution in [0.4, 0.5) is 0 Å². The molecule has 0 radical (unpaired) electrons. The van der Waals surface area contributed by atoms with Crippen molar-refractivity contribution in [2.24, 2.45) is 0 Å². The lowest BCUT2D eigenvalue weighted by Gasteiger charge is -2.35. The molecule has 1 aromatic carbocycles. The minimum atomic E-state index is -1.73. The molecule has 9 heteroatoms. The van der Waals surface area contributed by atoms with E-state index in [1.807, 2.05) is 35.8 Å². The molecular formula is C17H20N4O4S. The van der Waals surface area contributed by atoms with Crippen molar-refractivity contribution in [3.8, 4) is 5.69 Å². The number of hydrogen-bond acceptors (Lipinski definition) is 6. The molecule has 2 N–H and O–H groups in total. The molecule has 0 bridgehead atoms. The molecule has 8 nitrogen and oxygen atoms in total. The second-order valence-corrected chi connectivity index (χ2v) is 7.27. The Balaban J connectivity index is 1.59. The topological polar surface area (TPSA) is 109 Å². The van der Waals surface area contributed by atoms with Crippen molar-refractivity contribution in [1.82, 2.24) is 19.7 Å². The summed E-state index contributed by atoms with van der Waals surface area (Å²) >= 11 is 1.28. The Hall–Kier alpha value is -2.39. The van der Waals surface area contributed by atoms with Crippen LogP contribution in [0.25, 0.3) is 5.69 Å². The van der Waals surface area contributed by atoms with Crippen LogP contribution in [0.5, 0.6) is 0 Å². The molecule has 1 fully saturated rings. The van der Waals surface area contributed by atoms with Gasteiger partial charge in [0.15, 0.2) is 10.8 Å². The summed E-state index contributed by atoms with van der Waals surface area (Å²) in [6.45, 7) is 2.47. The zero-order chi connectivity index (χ0) is 18.7. The third-order valence-corrected chi connectivity index (χ3v) is 5.42. The first-order valence-electron chi connectivity index (χ1n) is 8.22. The predicted octanol–water partition coefficient (Wildman–Crippen LogP) is 1.11. The number of aliphatic hydroxyl groups is 1. The smallest absolute Gasteiger partial charge is 0.335 e. The number of amides is 1. The average Bonchev–Trinajstić information content (AvgIpc) is 3.09. The molecule has 2 heterocycles. The number of piperidine rings is 1. The van der Waals surface area contributed by atoms with E-state index in [9.17, 15) is 14.7 Å². The molecule has 1 aliphatic heterocycles. The second-order valence-electron chi connectivity index (χ2n) is 6.33. The molecular weight excluding hydrogens is 356 g/mol. The first-order valence-corrected chi connectivity index (χ1v) is 9.21. The summed E-state index contributed by atoms with van der Waals surface area (Å²) in [5, 5.41) is 27.6. The van der Waals surface area contributed by atoms with Gasteiger partial charge in [0.25, 0.3) is 0 Å². The van der Waals surface area contributed by atoms with Crippen molar-refractivity contribution in [3.63, 3.8) is 0 Å². The van der Waals surface area contributed by atoms with E-state index in [0.717, 1.165) is 11.3 Å². The van der Waals surface area contributed by atoms with Crippen LogP contribution in [-0.2, 0) is 9.59 Å². The monoisotopic (exact) mass is 376 g/mol. The van der Waals surface area contributed by atoms with Gasteiger partial charge < -0.3 is 15.1 Å². The van der Waals surface area contributed by atoms with E-state index >= 15 is 0 Å². The number of aryl methyl sites for hydroxylation is 1. The van der Waals surface area contributed by atoms with Crippen LogP contribution in [0.2, 0.25) is 0 Å². The fraction of sp³-hybridized carbons (Fsp3) is 0.412. The number of thioether (sulfide) groups is 1. The van der Waals surface area contributed by atoms with Gasteiger partial charge in [-0.1, -0.05) is 29.5 Å². The molecule has 1 amide bonds. The number of likely N-dealkylation sites (tertiary alicyclic amines) is 1. The van der Waals surface area contributed by atoms with Crippen LogP contribution in [0, 0.1) is 6.92 Å². The molecule has 1 aromatic heterocycles. The van der Waals surface area contributed by atoms with E-state index in [2.05, 4.69) is 10.2 Å². The highest BCUT2D eigenvalue weighted by Crippen LogP contribution is 2.24. The Labute approximate surface area is 154 Å². The van der Waals surface area contributed by atoms with Crippen molar-refractivity contribution in [2.45, 2.75) is 30.5 Å². The number of carboxylic acid groups (broad SMARTS) is 1. The van der Waals surface area contributed by atoms with E-state index in [-0.39, 0.29) is 37.6 Å². The number of benzene rings is 1. The summed E-state index contributed by atoms with van der Waals surface area (Å²) in [5.41, 5.74) is 0.341. The van der Waals surface area contributed by atoms with Crippen molar-refractivity contribution in [2.75, 3.05) is 18.8 Å². The zero-order valence-electron chi connectivity index (χ0n) is 14.3. The van der Waals surface area contributed by atoms with Crippen LogP contribution >= 0.6 is 11.8 Å². The largest absolute Gasteiger partial charge is 0.479 e. The van der Waals surface area contributed by atoms with Crippen molar-refractivity contribution in [3.05, 3.63) is 36.2 Å². The molecule has 0 atom stereocenters. The van der Waals surface area contributed by atoms with E-state index in [1.165, 1.54) is 11.8 Å². The normalized spacial score (nSPS) is 16.5. The van der Waals surface area contributed by atoms with Gasteiger partial charge in [-0.15, -0.1) is 10.2 Å². The van der Waals surface area contributed by atoms with Gasteiger partial charge in [0.1, 0.15) is 6.33 Å². The van der Waals surface area contributed by atoms with Crippen molar-refractivity contribution < 1.29 is 19.8 Å². The van der Waals surface area contributed by atoms with Crippen molar-refractivity contribution >= 4 is 23.6 Å². The second kappa shape index (κ2) is 7.46. The third-order valence-electron chi connectivity index (χ3n) is 4.49. The van der Waals surface area contributed by atoms with Crippen molar-refractivity contribution in [1.29, 1.82) is 0 Å². The van der Waals surface area contributed by atoms with Gasteiger partial charge >= 0.3 is 5.97 Å². The Kier molecular flexibility index (Phi) is 5.28. The summed E-state index contributed by atoms with van der Waals surface area (Å²) < 4.78 is 1.82. The van der Waals surface area contributed by atoms with Crippen LogP contribution < -0.4 is 0 Å². The van der Waals surface area contributed by atoms with E-state index in [1.54, 1.807) is 11.2 Å². The highest BCUT2D eigenvalue weighted by molar-refractivity contribution is 7.99. The fourth-order valence-electron chi connectivity index (χ4n) is 2.76. The number of carbonyl (C=O) groups is 2. The van der Waals surface area contributed by atoms with E-state index < -0.39 is 11.6 Å². The molecule has 0 saturated carbocycles. The molecule has 1 aliphatic rings. The van der Waals surface area contributed by atoms with Gasteiger partial charge in [0.2, 0.25) is 5.91 Å². The lowest BCUT2D eigenvalue weighted by Crippen LogP contribution is -2.51. The Morgan fingerprint density at radius 2 is 1.88 bits per heavy atom. The molecule has 26 heavy (non-hydrogen) atoms. The minimum absolute atomic E-state index is 0.0400. The quantitative estimate of drug-likeness (QED) is 0.752. The number of nitrogens with zero attached hydrogens (tertiary/aromatic N) is 4. The van der Waals surface area contributed by atoms with Crippen LogP contribution in [0.15, 0.2) is 35.7 Å². The lowest BCUT2D eigenvalue weighted by molar-refractivity contribution is -0.165. The van der Waals surface area contributed by atoms with E-state index in [0.29, 0.717) is 5.16 Å². The summed E-state index contributed by atoms with van der Waals surface area (Å²) in [4.78, 5) is 25.0. The highest BCUT2D eigenvalue weighted by Gasteiger charge is 2.40. The summed E-state index contributed by atoms with van der Waals surface area (Å²) in [6, 6.07) is 7.91. The number of carboxylic acids is 1. The third kappa shape index (κ3) is 3.88. The molecule has 3 rings (SSSR count). The maximum atomic E-state index is 12.4. The Morgan fingerprint density at radius 1 is 1.23 bits per heavy atom. The summed E-state index contributed by atoms with van der Waals surface area (Å²) in [5.74, 6) is -1.16. The fourth-order valence-corrected chi connectivity index (χ4v) is 3.59. The van der Waals surface area contributed by atoms with Crippen LogP contribution in [0.3, 0.4) is 0 Å². The lowest BCUT2D eigenvalue weighted by atomic mass is 9.92. The number of aliphatic carboxylic acids is 1. The van der Waals surface area contributed by atoms with Gasteiger partial charge in [-0.05, 0) is 19.1 Å². The molecule has 0 spiro atoms. The molecule has 0 aliphatic carbocycles. The van der Waals surface area contributed by atoms with Crippen LogP contribution in [0.1, 0.15) is 18.4 Å². The first-order chi connectivity index (χ1) is 12.4. The zero-order valence-corrected chi connectivity index (χ0v) is 15.1. The standard InChI is InChI=1S/C17H20N4O4S/c1-12-2-4-13(5-3-12)21-11-18-19-16(21)26-10-14(22)20-8-6-17(25,7-9-20)15(23)24/h2-5,11,25H,6-10H2,1H3,(H,23,24). The number of aromatic nitrogens is 3. The van der Waals surface area contributed by atoms with Gasteiger partial charge in [-0.3, -0.25) is 9.36 Å². The Bertz CT molecular complexity index is 797. The molecule has 0 unspecified atom stereocenters. The average molecular weight is 376 g/mol. The maximum absolute atomic E-state index is 12.4. The van der Waals surface area contributed by atoms with E-state index in [4.69, 9.17) is 5.11 Å². The number of carbonyl (C=O) groups excluding carboxylic acids is 1. The molecule has 138 valence electrons. The maximum Gasteiger partial charge on any atom is 0.335 e. The van der Waals surface area contributed by atoms with Gasteiger partial charge in [0.05, 0.1) is 5.75 Å². The predicted molar refractivity (Wildman–Crippen MR) is 95.2 cm³/mol. The van der Waals surface area contributed by atoms with Gasteiger partial charge in [0, 0.05) is 31.6 Å². The molecule has 2 aromatic rings. The SMILES string of the molecule is Cc1ccc(-n2cnnc2SCC(=O)N2CCC(O)(C(=O)O)CC2)cc1. The van der Waals surface area contributed by atoms with Gasteiger partial charge in [-0.25, -0.2) is 4.79 Å². The summed E-state index contributed by atoms with van der Waals surface area (Å²) in [6.07, 6.45) is 1.68. The Morgan fingerprint density at radius 3 is 2.50 bits per heavy atom. The highest BCUT2D eigenvalue weighted by atomic mass is 32.2. The first kappa shape index (κ1) is 18.4. The van der Waals surface area contributed by atoms with Gasteiger partial charge in [-0.2, -0.15) is 0 Å². The summed E-state index contributed by atoms with van der Waals surface area (Å²) in [7, 11) is 0. The minimum Gasteiger partial charge on any atom is -0.479 e. The molecule has 1 saturated heterocycles. The number of rotatable bonds is 5.